The van der Waals surface area contributed by atoms with E-state index in [1.165, 1.54) is 12.1 Å². The van der Waals surface area contributed by atoms with Gasteiger partial charge in [-0.25, -0.2) is 9.18 Å². The number of benzene rings is 1. The average Bonchev–Trinajstić information content (AvgIpc) is 2.14. The lowest BCUT2D eigenvalue weighted by atomic mass is 10.1. The highest BCUT2D eigenvalue weighted by Crippen LogP contribution is 2.15. The Bertz CT molecular complexity index is 416. The van der Waals surface area contributed by atoms with E-state index in [2.05, 4.69) is 6.58 Å². The summed E-state index contributed by atoms with van der Waals surface area (Å²) in [6.45, 7) is 8.82. The van der Waals surface area contributed by atoms with Gasteiger partial charge in [0.1, 0.15) is 11.4 Å². The second kappa shape index (κ2) is 4.47. The van der Waals surface area contributed by atoms with Gasteiger partial charge in [0.05, 0.1) is 5.56 Å². The van der Waals surface area contributed by atoms with Gasteiger partial charge in [0.2, 0.25) is 0 Å². The van der Waals surface area contributed by atoms with E-state index >= 15 is 0 Å². The summed E-state index contributed by atoms with van der Waals surface area (Å²) in [7, 11) is 0. The smallest absolute Gasteiger partial charge is 0.338 e. The van der Waals surface area contributed by atoms with Crippen molar-refractivity contribution in [2.45, 2.75) is 26.4 Å². The number of ether oxygens (including phenoxy) is 1. The van der Waals surface area contributed by atoms with Crippen LogP contribution in [0.3, 0.4) is 0 Å². The third-order valence-electron chi connectivity index (χ3n) is 1.79. The topological polar surface area (TPSA) is 26.3 Å². The van der Waals surface area contributed by atoms with Gasteiger partial charge in [-0.15, -0.1) is 0 Å². The maximum absolute atomic E-state index is 13.2. The van der Waals surface area contributed by atoms with Gasteiger partial charge in [0, 0.05) is 0 Å². The van der Waals surface area contributed by atoms with Gasteiger partial charge < -0.3 is 4.74 Å². The Morgan fingerprint density at radius 3 is 2.50 bits per heavy atom. The van der Waals surface area contributed by atoms with E-state index in [9.17, 15) is 9.18 Å². The molecular weight excluding hydrogens is 207 g/mol. The third kappa shape index (κ3) is 3.50. The molecule has 0 N–H and O–H groups in total. The first-order valence-electron chi connectivity index (χ1n) is 4.98. The molecule has 1 aromatic rings. The molecule has 0 aliphatic rings. The lowest BCUT2D eigenvalue weighted by Gasteiger charge is -2.19. The monoisotopic (exact) mass is 222 g/mol. The van der Waals surface area contributed by atoms with E-state index < -0.39 is 17.4 Å². The highest BCUT2D eigenvalue weighted by molar-refractivity contribution is 5.90. The summed E-state index contributed by atoms with van der Waals surface area (Å²) < 4.78 is 18.3. The number of carbonyl (C=O) groups excluding carboxylic acids is 1. The molecule has 86 valence electrons. The fourth-order valence-corrected chi connectivity index (χ4v) is 1.19. The molecule has 0 spiro atoms. The molecule has 0 saturated heterocycles. The minimum atomic E-state index is -0.586. The van der Waals surface area contributed by atoms with Crippen molar-refractivity contribution in [3.8, 4) is 0 Å². The molecule has 0 aliphatic heterocycles. The molecule has 0 aliphatic carbocycles. The Morgan fingerprint density at radius 2 is 2.00 bits per heavy atom. The first kappa shape index (κ1) is 12.4. The number of carbonyl (C=O) groups is 1. The van der Waals surface area contributed by atoms with Crippen LogP contribution in [-0.2, 0) is 4.74 Å². The minimum absolute atomic E-state index is 0.199. The zero-order valence-electron chi connectivity index (χ0n) is 9.71. The largest absolute Gasteiger partial charge is 0.456 e. The van der Waals surface area contributed by atoms with E-state index in [4.69, 9.17) is 4.74 Å². The Labute approximate surface area is 94.7 Å². The summed E-state index contributed by atoms with van der Waals surface area (Å²) in [5, 5.41) is 0. The predicted octanol–water partition coefficient (Wildman–Crippen LogP) is 3.42. The highest BCUT2D eigenvalue weighted by Gasteiger charge is 2.18. The van der Waals surface area contributed by atoms with Crippen LogP contribution in [0.25, 0.3) is 6.08 Å². The first-order valence-corrected chi connectivity index (χ1v) is 4.98. The van der Waals surface area contributed by atoms with Crippen LogP contribution < -0.4 is 0 Å². The van der Waals surface area contributed by atoms with Crippen molar-refractivity contribution in [3.05, 3.63) is 41.7 Å². The third-order valence-corrected chi connectivity index (χ3v) is 1.79. The van der Waals surface area contributed by atoms with Gasteiger partial charge in [-0.3, -0.25) is 0 Å². The van der Waals surface area contributed by atoms with Crippen LogP contribution >= 0.6 is 0 Å². The first-order chi connectivity index (χ1) is 7.31. The normalized spacial score (nSPS) is 11.0. The number of rotatable bonds is 2. The Hall–Kier alpha value is -1.64. The van der Waals surface area contributed by atoms with Gasteiger partial charge >= 0.3 is 5.97 Å². The zero-order chi connectivity index (χ0) is 12.3. The van der Waals surface area contributed by atoms with Gasteiger partial charge in [0.15, 0.2) is 0 Å². The van der Waals surface area contributed by atoms with Crippen LogP contribution in [-0.4, -0.2) is 11.6 Å². The number of esters is 1. The fraction of sp³-hybridized carbons (Fsp3) is 0.308. The molecule has 0 heterocycles. The van der Waals surface area contributed by atoms with Crippen molar-refractivity contribution in [3.63, 3.8) is 0 Å². The lowest BCUT2D eigenvalue weighted by Crippen LogP contribution is -2.24. The molecule has 0 radical (unpaired) electrons. The molecule has 1 aromatic carbocycles. The Kier molecular flexibility index (Phi) is 3.48. The van der Waals surface area contributed by atoms with E-state index in [0.29, 0.717) is 5.56 Å². The Morgan fingerprint density at radius 1 is 1.38 bits per heavy atom. The number of hydrogen-bond acceptors (Lipinski definition) is 2. The van der Waals surface area contributed by atoms with Crippen molar-refractivity contribution in [1.29, 1.82) is 0 Å². The van der Waals surface area contributed by atoms with Crippen molar-refractivity contribution < 1.29 is 13.9 Å². The van der Waals surface area contributed by atoms with E-state index in [-0.39, 0.29) is 5.56 Å². The quantitative estimate of drug-likeness (QED) is 0.716. The summed E-state index contributed by atoms with van der Waals surface area (Å²) in [5.41, 5.74) is 0.170. The summed E-state index contributed by atoms with van der Waals surface area (Å²) in [6.07, 6.45) is 1.48. The molecule has 0 saturated carbocycles. The zero-order valence-corrected chi connectivity index (χ0v) is 9.71. The second-order valence-electron chi connectivity index (χ2n) is 4.48. The molecular formula is C13H15FO2. The molecule has 0 aromatic heterocycles. The van der Waals surface area contributed by atoms with E-state index in [1.54, 1.807) is 26.8 Å². The number of halogens is 1. The summed E-state index contributed by atoms with van der Waals surface area (Å²) in [4.78, 5) is 11.7. The van der Waals surface area contributed by atoms with Gasteiger partial charge in [0.25, 0.3) is 0 Å². The molecule has 2 nitrogen and oxygen atoms in total. The summed E-state index contributed by atoms with van der Waals surface area (Å²) in [5.74, 6) is -1.01. The summed E-state index contributed by atoms with van der Waals surface area (Å²) in [6, 6.07) is 4.01. The van der Waals surface area contributed by atoms with Gasteiger partial charge in [-0.2, -0.15) is 0 Å². The maximum Gasteiger partial charge on any atom is 0.338 e. The van der Waals surface area contributed by atoms with E-state index in [1.807, 2.05) is 0 Å². The van der Waals surface area contributed by atoms with Crippen LogP contribution in [0.15, 0.2) is 24.8 Å². The fourth-order valence-electron chi connectivity index (χ4n) is 1.19. The predicted molar refractivity (Wildman–Crippen MR) is 61.7 cm³/mol. The van der Waals surface area contributed by atoms with Gasteiger partial charge in [-0.1, -0.05) is 12.7 Å². The molecule has 0 amide bonds. The molecule has 16 heavy (non-hydrogen) atoms. The molecule has 0 atom stereocenters. The van der Waals surface area contributed by atoms with Crippen molar-refractivity contribution >= 4 is 12.0 Å². The Balaban J connectivity index is 3.00. The van der Waals surface area contributed by atoms with Crippen LogP contribution in [0.1, 0.15) is 36.7 Å². The average molecular weight is 222 g/mol. The minimum Gasteiger partial charge on any atom is -0.456 e. The lowest BCUT2D eigenvalue weighted by molar-refractivity contribution is 0.00690. The molecule has 3 heteroatoms. The van der Waals surface area contributed by atoms with Crippen LogP contribution in [0.2, 0.25) is 0 Å². The standard InChI is InChI=1S/C13H15FO2/c1-5-9-6-10(8-11(14)7-9)12(15)16-13(2,3)4/h5-8H,1H2,2-4H3. The van der Waals surface area contributed by atoms with Crippen LogP contribution in [0.5, 0.6) is 0 Å². The molecule has 0 fully saturated rings. The number of hydrogen-bond donors (Lipinski definition) is 0. The van der Waals surface area contributed by atoms with Gasteiger partial charge in [-0.05, 0) is 44.5 Å². The van der Waals surface area contributed by atoms with Crippen LogP contribution in [0, 0.1) is 5.82 Å². The highest BCUT2D eigenvalue weighted by atomic mass is 19.1. The summed E-state index contributed by atoms with van der Waals surface area (Å²) >= 11 is 0. The van der Waals surface area contributed by atoms with E-state index in [0.717, 1.165) is 6.07 Å². The van der Waals surface area contributed by atoms with Crippen molar-refractivity contribution in [2.24, 2.45) is 0 Å². The second-order valence-corrected chi connectivity index (χ2v) is 4.48. The molecule has 1 rings (SSSR count). The van der Waals surface area contributed by atoms with Crippen LogP contribution in [0.4, 0.5) is 4.39 Å². The van der Waals surface area contributed by atoms with Crippen molar-refractivity contribution in [2.75, 3.05) is 0 Å². The molecule has 0 bridgehead atoms. The molecule has 0 unspecified atom stereocenters. The SMILES string of the molecule is C=Cc1cc(F)cc(C(=O)OC(C)(C)C)c1. The maximum atomic E-state index is 13.2. The van der Waals surface area contributed by atoms with Crippen molar-refractivity contribution in [1.82, 2.24) is 0 Å².